The molecule has 0 aliphatic heterocycles. The molecule has 1 aromatic heterocycles. The maximum Gasteiger partial charge on any atom is 0.387 e. The number of alkyl halides is 2. The van der Waals surface area contributed by atoms with Gasteiger partial charge >= 0.3 is 12.6 Å². The third kappa shape index (κ3) is 4.48. The van der Waals surface area contributed by atoms with Crippen molar-refractivity contribution in [3.8, 4) is 5.75 Å². The van der Waals surface area contributed by atoms with E-state index in [2.05, 4.69) is 15.0 Å². The van der Waals surface area contributed by atoms with E-state index in [1.54, 1.807) is 13.8 Å². The summed E-state index contributed by atoms with van der Waals surface area (Å²) in [6.07, 6.45) is 0. The van der Waals surface area contributed by atoms with Gasteiger partial charge in [-0.05, 0) is 32.0 Å². The molecule has 1 amide bonds. The molecule has 0 bridgehead atoms. The topological polar surface area (TPSA) is 77.5 Å². The minimum Gasteiger partial charge on any atom is -0.462 e. The normalized spacial score (nSPS) is 10.5. The molecule has 0 aliphatic carbocycles. The number of carbonyl (C=O) groups is 2. The van der Waals surface area contributed by atoms with Crippen LogP contribution in [0.25, 0.3) is 0 Å². The minimum absolute atomic E-state index is 0.124. The van der Waals surface area contributed by atoms with E-state index in [-0.39, 0.29) is 23.1 Å². The molecule has 1 aromatic carbocycles. The van der Waals surface area contributed by atoms with Gasteiger partial charge in [0.05, 0.1) is 12.3 Å². The van der Waals surface area contributed by atoms with Crippen LogP contribution in [0.15, 0.2) is 24.3 Å². The molecule has 0 fully saturated rings. The monoisotopic (exact) mass is 356 g/mol. The smallest absolute Gasteiger partial charge is 0.387 e. The largest absolute Gasteiger partial charge is 0.462 e. The highest BCUT2D eigenvalue weighted by atomic mass is 32.1. The summed E-state index contributed by atoms with van der Waals surface area (Å²) in [7, 11) is 0. The Morgan fingerprint density at radius 3 is 2.79 bits per heavy atom. The molecule has 0 radical (unpaired) electrons. The number of amides is 1. The number of benzene rings is 1. The third-order valence-electron chi connectivity index (χ3n) is 2.80. The maximum absolute atomic E-state index is 12.2. The number of nitrogens with one attached hydrogen (secondary N) is 1. The summed E-state index contributed by atoms with van der Waals surface area (Å²) in [5.74, 6) is -1.20. The number of aryl methyl sites for hydroxylation is 1. The Hall–Kier alpha value is -2.55. The number of anilines is 1. The van der Waals surface area contributed by atoms with Gasteiger partial charge in [0.1, 0.15) is 10.6 Å². The predicted octanol–water partition coefficient (Wildman–Crippen LogP) is 3.48. The summed E-state index contributed by atoms with van der Waals surface area (Å²) in [6, 6.07) is 5.37. The second kappa shape index (κ2) is 7.82. The number of rotatable bonds is 6. The fourth-order valence-corrected chi connectivity index (χ4v) is 2.67. The second-order valence-corrected chi connectivity index (χ2v) is 5.51. The van der Waals surface area contributed by atoms with Gasteiger partial charge in [-0.2, -0.15) is 8.78 Å². The summed E-state index contributed by atoms with van der Waals surface area (Å²) in [4.78, 5) is 28.3. The van der Waals surface area contributed by atoms with Gasteiger partial charge in [-0.25, -0.2) is 9.78 Å². The molecule has 0 atom stereocenters. The van der Waals surface area contributed by atoms with E-state index in [4.69, 9.17) is 4.74 Å². The quantitative estimate of drug-likeness (QED) is 0.802. The molecule has 2 aromatic rings. The van der Waals surface area contributed by atoms with E-state index in [0.29, 0.717) is 10.6 Å². The molecule has 0 unspecified atom stereocenters. The molecule has 0 aliphatic rings. The first-order valence-corrected chi connectivity index (χ1v) is 7.73. The van der Waals surface area contributed by atoms with E-state index in [1.807, 2.05) is 0 Å². The first kappa shape index (κ1) is 17.8. The number of esters is 1. The fraction of sp³-hybridized carbons (Fsp3) is 0.267. The van der Waals surface area contributed by atoms with Crippen molar-refractivity contribution in [2.24, 2.45) is 0 Å². The second-order valence-electron chi connectivity index (χ2n) is 4.51. The third-order valence-corrected chi connectivity index (χ3v) is 3.85. The van der Waals surface area contributed by atoms with Crippen LogP contribution in [0.1, 0.15) is 32.6 Å². The molecular formula is C15H14F2N2O4S. The highest BCUT2D eigenvalue weighted by molar-refractivity contribution is 7.17. The van der Waals surface area contributed by atoms with Crippen molar-refractivity contribution in [2.75, 3.05) is 11.9 Å². The highest BCUT2D eigenvalue weighted by Crippen LogP contribution is 2.24. The highest BCUT2D eigenvalue weighted by Gasteiger charge is 2.18. The fourth-order valence-electron chi connectivity index (χ4n) is 1.82. The van der Waals surface area contributed by atoms with Gasteiger partial charge in [-0.3, -0.25) is 10.1 Å². The van der Waals surface area contributed by atoms with Gasteiger partial charge in [0.2, 0.25) is 0 Å². The summed E-state index contributed by atoms with van der Waals surface area (Å²) in [6.45, 7) is 0.562. The zero-order valence-corrected chi connectivity index (χ0v) is 13.7. The minimum atomic E-state index is -2.97. The van der Waals surface area contributed by atoms with Crippen LogP contribution < -0.4 is 10.1 Å². The lowest BCUT2D eigenvalue weighted by Crippen LogP contribution is -2.12. The van der Waals surface area contributed by atoms with Crippen molar-refractivity contribution in [3.05, 3.63) is 40.4 Å². The lowest BCUT2D eigenvalue weighted by atomic mass is 10.2. The number of nitrogens with zero attached hydrogens (tertiary/aromatic N) is 1. The van der Waals surface area contributed by atoms with E-state index >= 15 is 0 Å². The van der Waals surface area contributed by atoms with Crippen molar-refractivity contribution in [3.63, 3.8) is 0 Å². The molecule has 9 heteroatoms. The van der Waals surface area contributed by atoms with Gasteiger partial charge in [0.15, 0.2) is 5.13 Å². The Balaban J connectivity index is 2.12. The van der Waals surface area contributed by atoms with Gasteiger partial charge < -0.3 is 9.47 Å². The predicted molar refractivity (Wildman–Crippen MR) is 83.8 cm³/mol. The number of aromatic nitrogens is 1. The van der Waals surface area contributed by atoms with Crippen LogP contribution >= 0.6 is 11.3 Å². The molecule has 1 heterocycles. The lowest BCUT2D eigenvalue weighted by Gasteiger charge is -2.06. The van der Waals surface area contributed by atoms with Gasteiger partial charge in [0, 0.05) is 5.56 Å². The van der Waals surface area contributed by atoms with E-state index in [1.165, 1.54) is 24.3 Å². The van der Waals surface area contributed by atoms with Crippen LogP contribution in [-0.4, -0.2) is 30.1 Å². The van der Waals surface area contributed by atoms with Crippen molar-refractivity contribution in [1.29, 1.82) is 0 Å². The van der Waals surface area contributed by atoms with Crippen molar-refractivity contribution in [1.82, 2.24) is 4.98 Å². The van der Waals surface area contributed by atoms with E-state index in [0.717, 1.165) is 11.3 Å². The van der Waals surface area contributed by atoms with Crippen molar-refractivity contribution in [2.45, 2.75) is 20.5 Å². The van der Waals surface area contributed by atoms with Gasteiger partial charge in [-0.1, -0.05) is 17.4 Å². The average Bonchev–Trinajstić information content (AvgIpc) is 2.87. The molecule has 0 spiro atoms. The molecule has 1 N–H and O–H groups in total. The SMILES string of the molecule is CCOC(=O)c1sc(NC(=O)c2cccc(OC(F)F)c2)nc1C. The molecule has 24 heavy (non-hydrogen) atoms. The Bertz CT molecular complexity index is 749. The zero-order chi connectivity index (χ0) is 17.7. The first-order chi connectivity index (χ1) is 11.4. The van der Waals surface area contributed by atoms with Crippen molar-refractivity contribution >= 4 is 28.3 Å². The van der Waals surface area contributed by atoms with Crippen LogP contribution in [0.2, 0.25) is 0 Å². The molecule has 2 rings (SSSR count). The Labute approximate surface area is 140 Å². The maximum atomic E-state index is 12.2. The van der Waals surface area contributed by atoms with Gasteiger partial charge in [-0.15, -0.1) is 0 Å². The van der Waals surface area contributed by atoms with Crippen LogP contribution in [0.3, 0.4) is 0 Å². The van der Waals surface area contributed by atoms with Crippen LogP contribution in [0.4, 0.5) is 13.9 Å². The summed E-state index contributed by atoms with van der Waals surface area (Å²) in [5.41, 5.74) is 0.558. The number of thiazole rings is 1. The average molecular weight is 356 g/mol. The van der Waals surface area contributed by atoms with Gasteiger partial charge in [0.25, 0.3) is 5.91 Å². The van der Waals surface area contributed by atoms with Crippen molar-refractivity contribution < 1.29 is 27.8 Å². The number of ether oxygens (including phenoxy) is 2. The molecule has 6 nitrogen and oxygen atoms in total. The zero-order valence-electron chi connectivity index (χ0n) is 12.8. The summed E-state index contributed by atoms with van der Waals surface area (Å²) < 4.78 is 33.6. The van der Waals surface area contributed by atoms with E-state index < -0.39 is 18.5 Å². The van der Waals surface area contributed by atoms with Crippen LogP contribution in [0, 0.1) is 6.92 Å². The Morgan fingerprint density at radius 1 is 1.38 bits per heavy atom. The Morgan fingerprint density at radius 2 is 2.12 bits per heavy atom. The first-order valence-electron chi connectivity index (χ1n) is 6.91. The van der Waals surface area contributed by atoms with Crippen LogP contribution in [-0.2, 0) is 4.74 Å². The number of hydrogen-bond donors (Lipinski definition) is 1. The van der Waals surface area contributed by atoms with E-state index in [9.17, 15) is 18.4 Å². The summed E-state index contributed by atoms with van der Waals surface area (Å²) >= 11 is 0.977. The molecular weight excluding hydrogens is 342 g/mol. The standard InChI is InChI=1S/C15H14F2N2O4S/c1-3-22-13(21)11-8(2)18-15(24-11)19-12(20)9-5-4-6-10(7-9)23-14(16)17/h4-7,14H,3H2,1-2H3,(H,18,19,20). The molecule has 0 saturated heterocycles. The van der Waals surface area contributed by atoms with Crippen LogP contribution in [0.5, 0.6) is 5.75 Å². The summed E-state index contributed by atoms with van der Waals surface area (Å²) in [5, 5.41) is 2.72. The number of halogens is 2. The lowest BCUT2D eigenvalue weighted by molar-refractivity contribution is -0.0498. The Kier molecular flexibility index (Phi) is 5.80. The number of carbonyl (C=O) groups excluding carboxylic acids is 2. The molecule has 128 valence electrons. The number of hydrogen-bond acceptors (Lipinski definition) is 6. The molecule has 0 saturated carbocycles.